The molecule has 0 bridgehead atoms. The second-order valence-corrected chi connectivity index (χ2v) is 4.72. The van der Waals surface area contributed by atoms with E-state index >= 15 is 0 Å². The minimum atomic E-state index is 1.07. The predicted octanol–water partition coefficient (Wildman–Crippen LogP) is 4.70. The van der Waals surface area contributed by atoms with Crippen molar-refractivity contribution in [3.05, 3.63) is 11.6 Å². The van der Waals surface area contributed by atoms with Gasteiger partial charge in [0.2, 0.25) is 0 Å². The fraction of sp³-hybridized carbons (Fsp3) is 0.846. The van der Waals surface area contributed by atoms with Gasteiger partial charge in [-0.3, -0.25) is 0 Å². The molecule has 13 heavy (non-hydrogen) atoms. The molecule has 0 heteroatoms. The zero-order valence-electron chi connectivity index (χ0n) is 9.31. The molecule has 1 aliphatic rings. The Kier molecular flexibility index (Phi) is 5.19. The molecule has 0 spiro atoms. The third-order valence-corrected chi connectivity index (χ3v) is 3.09. The maximum Gasteiger partial charge on any atom is -0.0348 e. The van der Waals surface area contributed by atoms with Crippen molar-refractivity contribution in [2.24, 2.45) is 5.92 Å². The van der Waals surface area contributed by atoms with E-state index < -0.39 is 0 Å². The van der Waals surface area contributed by atoms with Crippen LogP contribution in [0.15, 0.2) is 11.6 Å². The standard InChI is InChI=1S/C13H24/c1-12(2)8-6-7-11-13-9-4-3-5-10-13/h8,13H,3-7,9-11H2,1-2H3. The van der Waals surface area contributed by atoms with Gasteiger partial charge in [-0.1, -0.05) is 50.2 Å². The van der Waals surface area contributed by atoms with Crippen LogP contribution in [-0.2, 0) is 0 Å². The molecule has 0 aromatic rings. The molecule has 0 nitrogen and oxygen atoms in total. The lowest BCUT2D eigenvalue weighted by Crippen LogP contribution is -2.05. The highest BCUT2D eigenvalue weighted by Crippen LogP contribution is 2.27. The van der Waals surface area contributed by atoms with E-state index in [0.717, 1.165) is 5.92 Å². The van der Waals surface area contributed by atoms with Crippen LogP contribution in [0.2, 0.25) is 0 Å². The molecule has 0 N–H and O–H groups in total. The summed E-state index contributed by atoms with van der Waals surface area (Å²) in [4.78, 5) is 0. The van der Waals surface area contributed by atoms with Gasteiger partial charge in [0.05, 0.1) is 0 Å². The fourth-order valence-corrected chi connectivity index (χ4v) is 2.27. The van der Waals surface area contributed by atoms with Crippen molar-refractivity contribution in [2.75, 3.05) is 0 Å². The maximum atomic E-state index is 2.38. The van der Waals surface area contributed by atoms with Gasteiger partial charge in [-0.25, -0.2) is 0 Å². The van der Waals surface area contributed by atoms with E-state index in [1.165, 1.54) is 56.9 Å². The zero-order valence-corrected chi connectivity index (χ0v) is 9.31. The minimum absolute atomic E-state index is 1.07. The second-order valence-electron chi connectivity index (χ2n) is 4.72. The number of hydrogen-bond donors (Lipinski definition) is 0. The van der Waals surface area contributed by atoms with E-state index in [2.05, 4.69) is 19.9 Å². The van der Waals surface area contributed by atoms with Gasteiger partial charge in [0.25, 0.3) is 0 Å². The minimum Gasteiger partial charge on any atom is -0.0859 e. The van der Waals surface area contributed by atoms with Crippen LogP contribution in [0.25, 0.3) is 0 Å². The third kappa shape index (κ3) is 5.13. The molecule has 0 aliphatic heterocycles. The van der Waals surface area contributed by atoms with Crippen LogP contribution in [0.1, 0.15) is 65.2 Å². The summed E-state index contributed by atoms with van der Waals surface area (Å²) in [5.74, 6) is 1.07. The van der Waals surface area contributed by atoms with Gasteiger partial charge in [0.1, 0.15) is 0 Å². The molecule has 0 radical (unpaired) electrons. The summed E-state index contributed by atoms with van der Waals surface area (Å²) >= 11 is 0. The van der Waals surface area contributed by atoms with Crippen LogP contribution >= 0.6 is 0 Å². The molecule has 1 fully saturated rings. The number of unbranched alkanes of at least 4 members (excludes halogenated alkanes) is 1. The summed E-state index contributed by atoms with van der Waals surface area (Å²) in [5, 5.41) is 0. The summed E-state index contributed by atoms with van der Waals surface area (Å²) in [6, 6.07) is 0. The third-order valence-electron chi connectivity index (χ3n) is 3.09. The maximum absolute atomic E-state index is 2.38. The number of rotatable bonds is 4. The van der Waals surface area contributed by atoms with Crippen molar-refractivity contribution >= 4 is 0 Å². The van der Waals surface area contributed by atoms with Crippen molar-refractivity contribution in [3.63, 3.8) is 0 Å². The molecule has 1 aliphatic carbocycles. The first-order valence-corrected chi connectivity index (χ1v) is 5.92. The first-order valence-electron chi connectivity index (χ1n) is 5.92. The Morgan fingerprint density at radius 3 is 2.46 bits per heavy atom. The Morgan fingerprint density at radius 2 is 1.85 bits per heavy atom. The van der Waals surface area contributed by atoms with E-state index in [-0.39, 0.29) is 0 Å². The van der Waals surface area contributed by atoms with E-state index in [0.29, 0.717) is 0 Å². The summed E-state index contributed by atoms with van der Waals surface area (Å²) in [6.45, 7) is 4.39. The Bertz CT molecular complexity index is 145. The van der Waals surface area contributed by atoms with Gasteiger partial charge in [-0.05, 0) is 32.6 Å². The molecule has 0 amide bonds. The average Bonchev–Trinajstić information content (AvgIpc) is 2.14. The highest BCUT2D eigenvalue weighted by atomic mass is 14.2. The summed E-state index contributed by atoms with van der Waals surface area (Å²) in [5.41, 5.74) is 1.48. The zero-order chi connectivity index (χ0) is 9.52. The fourth-order valence-electron chi connectivity index (χ4n) is 2.27. The summed E-state index contributed by atoms with van der Waals surface area (Å²) in [6.07, 6.45) is 14.1. The van der Waals surface area contributed by atoms with Crippen molar-refractivity contribution in [3.8, 4) is 0 Å². The number of hydrogen-bond acceptors (Lipinski definition) is 0. The highest BCUT2D eigenvalue weighted by molar-refractivity contribution is 4.92. The summed E-state index contributed by atoms with van der Waals surface area (Å²) in [7, 11) is 0. The van der Waals surface area contributed by atoms with E-state index in [4.69, 9.17) is 0 Å². The van der Waals surface area contributed by atoms with Crippen LogP contribution in [0, 0.1) is 5.92 Å². The first kappa shape index (κ1) is 10.8. The van der Waals surface area contributed by atoms with Gasteiger partial charge >= 0.3 is 0 Å². The Morgan fingerprint density at radius 1 is 1.15 bits per heavy atom. The molecule has 0 aromatic carbocycles. The lowest BCUT2D eigenvalue weighted by molar-refractivity contribution is 0.333. The van der Waals surface area contributed by atoms with Gasteiger partial charge in [0, 0.05) is 0 Å². The molecule has 1 saturated carbocycles. The normalized spacial score (nSPS) is 18.6. The van der Waals surface area contributed by atoms with Crippen LogP contribution in [0.3, 0.4) is 0 Å². The summed E-state index contributed by atoms with van der Waals surface area (Å²) < 4.78 is 0. The highest BCUT2D eigenvalue weighted by Gasteiger charge is 2.11. The van der Waals surface area contributed by atoms with Gasteiger partial charge in [-0.15, -0.1) is 0 Å². The largest absolute Gasteiger partial charge is 0.0859 e. The van der Waals surface area contributed by atoms with Gasteiger partial charge < -0.3 is 0 Å². The van der Waals surface area contributed by atoms with Crippen LogP contribution < -0.4 is 0 Å². The van der Waals surface area contributed by atoms with Gasteiger partial charge in [0.15, 0.2) is 0 Å². The molecule has 76 valence electrons. The molecule has 0 aromatic heterocycles. The van der Waals surface area contributed by atoms with E-state index in [9.17, 15) is 0 Å². The molecule has 0 heterocycles. The van der Waals surface area contributed by atoms with Crippen molar-refractivity contribution in [1.82, 2.24) is 0 Å². The predicted molar refractivity (Wildman–Crippen MR) is 59.9 cm³/mol. The molecule has 1 rings (SSSR count). The number of allylic oxidation sites excluding steroid dienone is 2. The first-order chi connectivity index (χ1) is 6.29. The Balaban J connectivity index is 2.01. The van der Waals surface area contributed by atoms with Crippen LogP contribution in [0.5, 0.6) is 0 Å². The van der Waals surface area contributed by atoms with Crippen molar-refractivity contribution < 1.29 is 0 Å². The quantitative estimate of drug-likeness (QED) is 0.434. The van der Waals surface area contributed by atoms with E-state index in [1.807, 2.05) is 0 Å². The van der Waals surface area contributed by atoms with Crippen molar-refractivity contribution in [1.29, 1.82) is 0 Å². The lowest BCUT2D eigenvalue weighted by atomic mass is 9.86. The lowest BCUT2D eigenvalue weighted by Gasteiger charge is -2.20. The van der Waals surface area contributed by atoms with E-state index in [1.54, 1.807) is 0 Å². The molecule has 0 saturated heterocycles. The monoisotopic (exact) mass is 180 g/mol. The average molecular weight is 180 g/mol. The Labute approximate surface area is 83.4 Å². The topological polar surface area (TPSA) is 0 Å². The van der Waals surface area contributed by atoms with Crippen LogP contribution in [-0.4, -0.2) is 0 Å². The van der Waals surface area contributed by atoms with Gasteiger partial charge in [-0.2, -0.15) is 0 Å². The molecular weight excluding hydrogens is 156 g/mol. The molecular formula is C13H24. The second kappa shape index (κ2) is 6.23. The molecule has 0 unspecified atom stereocenters. The smallest absolute Gasteiger partial charge is 0.0348 e. The van der Waals surface area contributed by atoms with Crippen molar-refractivity contribution in [2.45, 2.75) is 65.2 Å². The Hall–Kier alpha value is -0.260. The van der Waals surface area contributed by atoms with Crippen LogP contribution in [0.4, 0.5) is 0 Å². The SMILES string of the molecule is CC(C)=CCCCC1CCCCC1. The molecule has 0 atom stereocenters.